The van der Waals surface area contributed by atoms with Gasteiger partial charge in [0.05, 0.1) is 45.4 Å². The first-order valence-electron chi connectivity index (χ1n) is 10.2. The number of hydrogen-bond acceptors (Lipinski definition) is 7. The quantitative estimate of drug-likeness (QED) is 0.524. The van der Waals surface area contributed by atoms with Crippen LogP contribution in [0, 0.1) is 0 Å². The van der Waals surface area contributed by atoms with Gasteiger partial charge in [-0.2, -0.15) is 5.10 Å². The highest BCUT2D eigenvalue weighted by molar-refractivity contribution is 6.07. The molecule has 0 fully saturated rings. The molecule has 3 aromatic carbocycles. The average molecular weight is 434 g/mol. The number of para-hydroxylation sites is 1. The van der Waals surface area contributed by atoms with Crippen molar-refractivity contribution in [2.75, 3.05) is 33.9 Å². The average Bonchev–Trinajstić information content (AvgIpc) is 2.86. The number of rotatable bonds is 7. The van der Waals surface area contributed by atoms with E-state index in [2.05, 4.69) is 5.43 Å². The summed E-state index contributed by atoms with van der Waals surface area (Å²) in [4.78, 5) is 0. The number of ether oxygens (including phenoxy) is 5. The van der Waals surface area contributed by atoms with Crippen LogP contribution in [0.5, 0.6) is 28.7 Å². The smallest absolute Gasteiger partial charge is 0.161 e. The van der Waals surface area contributed by atoms with Gasteiger partial charge in [-0.3, -0.25) is 5.43 Å². The predicted molar refractivity (Wildman–Crippen MR) is 124 cm³/mol. The van der Waals surface area contributed by atoms with Crippen molar-refractivity contribution in [3.8, 4) is 28.7 Å². The van der Waals surface area contributed by atoms with Gasteiger partial charge in [0.25, 0.3) is 0 Å². The van der Waals surface area contributed by atoms with Gasteiger partial charge < -0.3 is 23.7 Å². The van der Waals surface area contributed by atoms with E-state index < -0.39 is 0 Å². The van der Waals surface area contributed by atoms with Crippen LogP contribution < -0.4 is 29.1 Å². The third kappa shape index (κ3) is 4.27. The molecule has 0 radical (unpaired) electrons. The van der Waals surface area contributed by atoms with Gasteiger partial charge in [-0.05, 0) is 29.8 Å². The fraction of sp³-hybridized carbons (Fsp3) is 0.240. The maximum atomic E-state index is 6.39. The predicted octanol–water partition coefficient (Wildman–Crippen LogP) is 5.06. The van der Waals surface area contributed by atoms with E-state index in [4.69, 9.17) is 28.8 Å². The lowest BCUT2D eigenvalue weighted by atomic mass is 9.94. The molecule has 4 rings (SSSR count). The van der Waals surface area contributed by atoms with Gasteiger partial charge in [0.2, 0.25) is 0 Å². The maximum Gasteiger partial charge on any atom is 0.161 e. The van der Waals surface area contributed by atoms with Crippen LogP contribution in [0.1, 0.15) is 23.7 Å². The van der Waals surface area contributed by atoms with E-state index in [9.17, 15) is 0 Å². The van der Waals surface area contributed by atoms with Crippen LogP contribution in [0.4, 0.5) is 5.69 Å². The molecule has 0 amide bonds. The second kappa shape index (κ2) is 9.51. The molecule has 1 atom stereocenters. The summed E-state index contributed by atoms with van der Waals surface area (Å²) in [6.45, 7) is 0. The van der Waals surface area contributed by atoms with Crippen LogP contribution in [0.2, 0.25) is 0 Å². The molecule has 0 aromatic heterocycles. The van der Waals surface area contributed by atoms with E-state index in [1.165, 1.54) is 0 Å². The van der Waals surface area contributed by atoms with Crippen LogP contribution in [-0.2, 0) is 0 Å². The lowest BCUT2D eigenvalue weighted by molar-refractivity contribution is 0.203. The van der Waals surface area contributed by atoms with E-state index in [-0.39, 0.29) is 6.10 Å². The molecule has 0 saturated heterocycles. The standard InChI is InChI=1S/C25H26N2O5/c1-28-18-13-23(31-4)25-19(27-26-17-8-6-5-7-9-17)15-21(32-24(25)14-18)16-10-11-20(29-2)22(12-16)30-3/h5-14,21,26H,15H2,1-4H3/b27-19+. The Kier molecular flexibility index (Phi) is 6.35. The zero-order chi connectivity index (χ0) is 22.5. The highest BCUT2D eigenvalue weighted by Crippen LogP contribution is 2.43. The Morgan fingerprint density at radius 3 is 2.25 bits per heavy atom. The lowest BCUT2D eigenvalue weighted by Gasteiger charge is -2.29. The van der Waals surface area contributed by atoms with Crippen molar-refractivity contribution in [1.82, 2.24) is 0 Å². The van der Waals surface area contributed by atoms with Gasteiger partial charge in [-0.15, -0.1) is 0 Å². The summed E-state index contributed by atoms with van der Waals surface area (Å²) in [5.74, 6) is 3.22. The summed E-state index contributed by atoms with van der Waals surface area (Å²) in [6, 6.07) is 19.2. The third-order valence-corrected chi connectivity index (χ3v) is 5.30. The lowest BCUT2D eigenvalue weighted by Crippen LogP contribution is -2.23. The van der Waals surface area contributed by atoms with E-state index >= 15 is 0 Å². The number of nitrogens with one attached hydrogen (secondary N) is 1. The number of methoxy groups -OCH3 is 4. The largest absolute Gasteiger partial charge is 0.496 e. The molecular weight excluding hydrogens is 408 g/mol. The van der Waals surface area contributed by atoms with E-state index in [1.807, 2.05) is 60.7 Å². The van der Waals surface area contributed by atoms with Crippen LogP contribution in [0.3, 0.4) is 0 Å². The molecule has 7 nitrogen and oxygen atoms in total. The van der Waals surface area contributed by atoms with Crippen molar-refractivity contribution in [2.45, 2.75) is 12.5 Å². The van der Waals surface area contributed by atoms with Crippen LogP contribution >= 0.6 is 0 Å². The summed E-state index contributed by atoms with van der Waals surface area (Å²) in [5.41, 5.74) is 6.60. The minimum Gasteiger partial charge on any atom is -0.496 e. The first-order chi connectivity index (χ1) is 15.7. The summed E-state index contributed by atoms with van der Waals surface area (Å²) in [6.07, 6.45) is 0.251. The van der Waals surface area contributed by atoms with Crippen LogP contribution in [0.15, 0.2) is 65.8 Å². The molecule has 166 valence electrons. The van der Waals surface area contributed by atoms with Gasteiger partial charge in [-0.25, -0.2) is 0 Å². The van der Waals surface area contributed by atoms with Crippen molar-refractivity contribution in [3.05, 3.63) is 71.8 Å². The summed E-state index contributed by atoms with van der Waals surface area (Å²) in [7, 11) is 6.47. The molecule has 0 aliphatic carbocycles. The minimum atomic E-state index is -0.282. The Morgan fingerprint density at radius 2 is 1.56 bits per heavy atom. The SMILES string of the molecule is COc1cc(OC)c2c(c1)OC(c1ccc(OC)c(OC)c1)C/C2=N\Nc1ccccc1. The maximum absolute atomic E-state index is 6.39. The number of anilines is 1. The second-order valence-corrected chi connectivity index (χ2v) is 7.16. The second-order valence-electron chi connectivity index (χ2n) is 7.16. The van der Waals surface area contributed by atoms with Gasteiger partial charge in [0, 0.05) is 18.6 Å². The van der Waals surface area contributed by atoms with Crippen molar-refractivity contribution in [2.24, 2.45) is 5.10 Å². The van der Waals surface area contributed by atoms with Gasteiger partial charge >= 0.3 is 0 Å². The topological polar surface area (TPSA) is 70.5 Å². The summed E-state index contributed by atoms with van der Waals surface area (Å²) in [5, 5.41) is 4.72. The molecule has 0 spiro atoms. The number of benzene rings is 3. The number of hydrogen-bond donors (Lipinski definition) is 1. The zero-order valence-electron chi connectivity index (χ0n) is 18.5. The minimum absolute atomic E-state index is 0.282. The molecule has 1 N–H and O–H groups in total. The van der Waals surface area contributed by atoms with Gasteiger partial charge in [0.1, 0.15) is 23.4 Å². The molecule has 1 aliphatic rings. The van der Waals surface area contributed by atoms with Crippen molar-refractivity contribution in [1.29, 1.82) is 0 Å². The Morgan fingerprint density at radius 1 is 0.812 bits per heavy atom. The molecular formula is C25H26N2O5. The molecule has 1 unspecified atom stereocenters. The molecule has 1 heterocycles. The van der Waals surface area contributed by atoms with E-state index in [0.717, 1.165) is 22.5 Å². The number of fused-ring (bicyclic) bond motifs is 1. The molecule has 1 aliphatic heterocycles. The van der Waals surface area contributed by atoms with Gasteiger partial charge in [-0.1, -0.05) is 24.3 Å². The third-order valence-electron chi connectivity index (χ3n) is 5.30. The number of nitrogens with zero attached hydrogens (tertiary/aromatic N) is 1. The van der Waals surface area contributed by atoms with Crippen molar-refractivity contribution < 1.29 is 23.7 Å². The molecule has 0 bridgehead atoms. The molecule has 7 heteroatoms. The Labute approximate surface area is 187 Å². The highest BCUT2D eigenvalue weighted by atomic mass is 16.5. The van der Waals surface area contributed by atoms with Crippen molar-refractivity contribution in [3.63, 3.8) is 0 Å². The monoisotopic (exact) mass is 434 g/mol. The van der Waals surface area contributed by atoms with E-state index in [1.54, 1.807) is 28.4 Å². The highest BCUT2D eigenvalue weighted by Gasteiger charge is 2.31. The normalized spacial score (nSPS) is 16.0. The van der Waals surface area contributed by atoms with Gasteiger partial charge in [0.15, 0.2) is 11.5 Å². The molecule has 32 heavy (non-hydrogen) atoms. The Balaban J connectivity index is 1.77. The summed E-state index contributed by atoms with van der Waals surface area (Å²) < 4.78 is 28.3. The van der Waals surface area contributed by atoms with Crippen LogP contribution in [0.25, 0.3) is 0 Å². The number of hydrazone groups is 1. The first kappa shape index (κ1) is 21.4. The first-order valence-corrected chi connectivity index (χ1v) is 10.2. The van der Waals surface area contributed by atoms with Crippen LogP contribution in [-0.4, -0.2) is 34.2 Å². The molecule has 0 saturated carbocycles. The Bertz CT molecular complexity index is 1110. The van der Waals surface area contributed by atoms with Crippen molar-refractivity contribution >= 4 is 11.4 Å². The zero-order valence-corrected chi connectivity index (χ0v) is 18.5. The molecule has 3 aromatic rings. The summed E-state index contributed by atoms with van der Waals surface area (Å²) >= 11 is 0. The van der Waals surface area contributed by atoms with E-state index in [0.29, 0.717) is 35.2 Å². The fourth-order valence-electron chi connectivity index (χ4n) is 3.68. The Hall–Kier alpha value is -3.87. The fourth-order valence-corrected chi connectivity index (χ4v) is 3.68.